The van der Waals surface area contributed by atoms with Crippen molar-refractivity contribution in [3.8, 4) is 6.07 Å². The first-order chi connectivity index (χ1) is 18.8. The van der Waals surface area contributed by atoms with E-state index >= 15 is 0 Å². The topological polar surface area (TPSA) is 108 Å². The second-order valence-corrected chi connectivity index (χ2v) is 9.33. The predicted molar refractivity (Wildman–Crippen MR) is 139 cm³/mol. The van der Waals surface area contributed by atoms with Crippen molar-refractivity contribution in [1.29, 1.82) is 5.26 Å². The van der Waals surface area contributed by atoms with E-state index in [9.17, 15) is 23.6 Å². The number of fused-ring (bicyclic) bond motifs is 2. The van der Waals surface area contributed by atoms with E-state index in [-0.39, 0.29) is 29.6 Å². The van der Waals surface area contributed by atoms with E-state index in [1.54, 1.807) is 43.3 Å². The number of nitriles is 1. The number of benzene rings is 3. The van der Waals surface area contributed by atoms with Crippen molar-refractivity contribution in [3.05, 3.63) is 129 Å². The van der Waals surface area contributed by atoms with Gasteiger partial charge in [0, 0.05) is 12.6 Å². The first kappa shape index (κ1) is 25.7. The van der Waals surface area contributed by atoms with Crippen LogP contribution in [-0.2, 0) is 19.4 Å². The molecule has 1 aliphatic rings. The smallest absolute Gasteiger partial charge is 0.270 e. The fourth-order valence-electron chi connectivity index (χ4n) is 4.74. The third-order valence-corrected chi connectivity index (χ3v) is 6.75. The molecule has 1 aromatic heterocycles. The summed E-state index contributed by atoms with van der Waals surface area (Å²) in [7, 11) is 0. The molecular formula is C30H23F2N5O2. The number of carbonyl (C=O) groups excluding carboxylic acids is 2. The van der Waals surface area contributed by atoms with Gasteiger partial charge in [-0.2, -0.15) is 5.26 Å². The summed E-state index contributed by atoms with van der Waals surface area (Å²) >= 11 is 0. The van der Waals surface area contributed by atoms with Crippen molar-refractivity contribution in [3.63, 3.8) is 0 Å². The Labute approximate surface area is 223 Å². The number of hydrogen-bond acceptors (Lipinski definition) is 5. The molecule has 0 fully saturated rings. The Morgan fingerprint density at radius 1 is 0.923 bits per heavy atom. The number of aryl methyl sites for hydroxylation is 3. The fraction of sp³-hybridized carbons (Fsp3) is 0.167. The van der Waals surface area contributed by atoms with Crippen molar-refractivity contribution < 1.29 is 18.4 Å². The molecule has 1 heterocycles. The first-order valence-electron chi connectivity index (χ1n) is 12.3. The van der Waals surface area contributed by atoms with Crippen molar-refractivity contribution in [2.45, 2.75) is 32.4 Å². The molecule has 194 valence electrons. The average Bonchev–Trinajstić information content (AvgIpc) is 3.09. The minimum absolute atomic E-state index is 0.00335. The van der Waals surface area contributed by atoms with Crippen LogP contribution >= 0.6 is 0 Å². The maximum atomic E-state index is 14.1. The summed E-state index contributed by atoms with van der Waals surface area (Å²) < 4.78 is 27.6. The number of carbonyl (C=O) groups is 2. The maximum absolute atomic E-state index is 14.1. The molecule has 0 aliphatic heterocycles. The summed E-state index contributed by atoms with van der Waals surface area (Å²) in [4.78, 5) is 34.1. The van der Waals surface area contributed by atoms with Gasteiger partial charge in [0.15, 0.2) is 0 Å². The highest BCUT2D eigenvalue weighted by Crippen LogP contribution is 2.33. The highest BCUT2D eigenvalue weighted by atomic mass is 19.1. The molecule has 4 aromatic rings. The molecule has 0 bridgehead atoms. The van der Waals surface area contributed by atoms with E-state index in [2.05, 4.69) is 26.7 Å². The number of amides is 2. The van der Waals surface area contributed by atoms with Gasteiger partial charge in [-0.3, -0.25) is 9.59 Å². The molecule has 0 saturated carbocycles. The fourth-order valence-corrected chi connectivity index (χ4v) is 4.74. The summed E-state index contributed by atoms with van der Waals surface area (Å²) in [5.41, 5.74) is 4.85. The van der Waals surface area contributed by atoms with E-state index in [0.29, 0.717) is 24.0 Å². The van der Waals surface area contributed by atoms with Gasteiger partial charge in [-0.05, 0) is 83.5 Å². The summed E-state index contributed by atoms with van der Waals surface area (Å²) in [6, 6.07) is 17.1. The van der Waals surface area contributed by atoms with Gasteiger partial charge in [0.05, 0.1) is 17.7 Å². The zero-order valence-corrected chi connectivity index (χ0v) is 21.0. The number of aromatic nitrogens is 2. The Bertz CT molecular complexity index is 1650. The van der Waals surface area contributed by atoms with E-state index in [0.717, 1.165) is 34.1 Å². The molecule has 3 aromatic carbocycles. The lowest BCUT2D eigenvalue weighted by atomic mass is 9.93. The second kappa shape index (κ2) is 10.8. The molecule has 0 saturated heterocycles. The van der Waals surface area contributed by atoms with Crippen LogP contribution in [-0.4, -0.2) is 21.8 Å². The van der Waals surface area contributed by atoms with E-state index in [1.165, 1.54) is 24.3 Å². The number of hydrogen-bond donors (Lipinski definition) is 2. The van der Waals surface area contributed by atoms with Crippen LogP contribution in [0.1, 0.15) is 66.0 Å². The Kier molecular flexibility index (Phi) is 7.10. The Morgan fingerprint density at radius 2 is 1.62 bits per heavy atom. The molecule has 0 unspecified atom stereocenters. The summed E-state index contributed by atoms with van der Waals surface area (Å²) in [6.07, 6.45) is 2.27. The Balaban J connectivity index is 1.39. The van der Waals surface area contributed by atoms with Crippen LogP contribution in [0.25, 0.3) is 0 Å². The largest absolute Gasteiger partial charge is 0.347 e. The lowest BCUT2D eigenvalue weighted by molar-refractivity contribution is 0.0937. The van der Waals surface area contributed by atoms with Crippen LogP contribution in [0.15, 0.2) is 67.0 Å². The van der Waals surface area contributed by atoms with Crippen LogP contribution in [0.3, 0.4) is 0 Å². The molecule has 39 heavy (non-hydrogen) atoms. The van der Waals surface area contributed by atoms with Crippen molar-refractivity contribution in [2.75, 3.05) is 0 Å². The van der Waals surface area contributed by atoms with Crippen LogP contribution in [0.5, 0.6) is 0 Å². The molecule has 1 atom stereocenters. The van der Waals surface area contributed by atoms with Gasteiger partial charge in [0.1, 0.15) is 29.3 Å². The normalized spacial score (nSPS) is 13.8. The summed E-state index contributed by atoms with van der Waals surface area (Å²) in [5, 5.41) is 15.0. The number of halogens is 2. The summed E-state index contributed by atoms with van der Waals surface area (Å²) in [5.74, 6) is -1.76. The highest BCUT2D eigenvalue weighted by Gasteiger charge is 2.27. The van der Waals surface area contributed by atoms with Crippen molar-refractivity contribution in [1.82, 2.24) is 20.6 Å². The van der Waals surface area contributed by atoms with Gasteiger partial charge < -0.3 is 10.6 Å². The molecule has 2 N–H and O–H groups in total. The maximum Gasteiger partial charge on any atom is 0.270 e. The van der Waals surface area contributed by atoms with E-state index in [4.69, 9.17) is 0 Å². The zero-order chi connectivity index (χ0) is 27.5. The highest BCUT2D eigenvalue weighted by molar-refractivity contribution is 5.97. The van der Waals surface area contributed by atoms with Crippen LogP contribution in [0, 0.1) is 29.9 Å². The second-order valence-electron chi connectivity index (χ2n) is 9.33. The van der Waals surface area contributed by atoms with Crippen LogP contribution < -0.4 is 10.6 Å². The van der Waals surface area contributed by atoms with Gasteiger partial charge >= 0.3 is 0 Å². The standard InChI is InChI=1S/C30H23F2N5O2/c1-17-10-19(3-9-25(17)32)15-34-29(38)26-13-27(36-16-35-26)30(39)37-28-23-7-2-18(14-33)11-20(23)4-5-21-12-22(31)6-8-24(21)28/h2-3,6-13,16,28H,4-5,15H2,1H3,(H,34,38)(H,37,39)/t28-/m0/s1. The summed E-state index contributed by atoms with van der Waals surface area (Å²) in [6.45, 7) is 1.79. The number of rotatable bonds is 5. The molecule has 2 amide bonds. The minimum Gasteiger partial charge on any atom is -0.347 e. The van der Waals surface area contributed by atoms with Gasteiger partial charge in [-0.1, -0.05) is 24.3 Å². The lowest BCUT2D eigenvalue weighted by Crippen LogP contribution is -2.31. The quantitative estimate of drug-likeness (QED) is 0.401. The Hall–Kier alpha value is -4.97. The number of nitrogens with zero attached hydrogens (tertiary/aromatic N) is 3. The average molecular weight is 524 g/mol. The molecule has 0 spiro atoms. The third-order valence-electron chi connectivity index (χ3n) is 6.75. The third kappa shape index (κ3) is 5.50. The van der Waals surface area contributed by atoms with Gasteiger partial charge in [0.2, 0.25) is 0 Å². The minimum atomic E-state index is -0.618. The monoisotopic (exact) mass is 523 g/mol. The van der Waals surface area contributed by atoms with Gasteiger partial charge in [-0.25, -0.2) is 18.7 Å². The molecule has 1 aliphatic carbocycles. The molecule has 0 radical (unpaired) electrons. The van der Waals surface area contributed by atoms with Crippen LogP contribution in [0.4, 0.5) is 8.78 Å². The SMILES string of the molecule is Cc1cc(CNC(=O)c2cc(C(=O)N[C@@H]3c4ccc(F)cc4CCc4cc(C#N)ccc43)ncn2)ccc1F. The van der Waals surface area contributed by atoms with Crippen molar-refractivity contribution in [2.24, 2.45) is 0 Å². The Morgan fingerprint density at radius 3 is 2.33 bits per heavy atom. The molecule has 9 heteroatoms. The van der Waals surface area contributed by atoms with E-state index in [1.807, 2.05) is 0 Å². The lowest BCUT2D eigenvalue weighted by Gasteiger charge is -2.22. The van der Waals surface area contributed by atoms with E-state index < -0.39 is 17.9 Å². The molecule has 5 rings (SSSR count). The van der Waals surface area contributed by atoms with Gasteiger partial charge in [0.25, 0.3) is 11.8 Å². The van der Waals surface area contributed by atoms with Crippen molar-refractivity contribution >= 4 is 11.8 Å². The predicted octanol–water partition coefficient (Wildman–Crippen LogP) is 4.48. The number of nitrogens with one attached hydrogen (secondary N) is 2. The first-order valence-corrected chi connectivity index (χ1v) is 12.3. The van der Waals surface area contributed by atoms with Crippen LogP contribution in [0.2, 0.25) is 0 Å². The zero-order valence-electron chi connectivity index (χ0n) is 21.0. The molecule has 7 nitrogen and oxygen atoms in total. The molecular weight excluding hydrogens is 500 g/mol. The van der Waals surface area contributed by atoms with Gasteiger partial charge in [-0.15, -0.1) is 0 Å².